The van der Waals surface area contributed by atoms with Crippen LogP contribution in [0.1, 0.15) is 54.4 Å². The zero-order valence-electron chi connectivity index (χ0n) is 22.1. The number of amides is 2. The number of carbonyl (C=O) groups is 2. The molecule has 1 aliphatic rings. The lowest BCUT2D eigenvalue weighted by atomic mass is 9.94. The summed E-state index contributed by atoms with van der Waals surface area (Å²) in [6.45, 7) is 2.47. The molecule has 4 nitrogen and oxygen atoms in total. The predicted octanol–water partition coefficient (Wildman–Crippen LogP) is 7.08. The van der Waals surface area contributed by atoms with Crippen molar-refractivity contribution in [3.63, 3.8) is 0 Å². The molecular formula is C32H37BrN2O2S. The van der Waals surface area contributed by atoms with Crippen molar-refractivity contribution < 1.29 is 9.59 Å². The second-order valence-corrected chi connectivity index (χ2v) is 12.1. The Balaban J connectivity index is 1.55. The Morgan fingerprint density at radius 1 is 0.895 bits per heavy atom. The number of nitrogens with one attached hydrogen (secondary N) is 1. The van der Waals surface area contributed by atoms with Gasteiger partial charge in [0.1, 0.15) is 6.04 Å². The molecule has 1 atom stereocenters. The normalized spacial score (nSPS) is 14.6. The van der Waals surface area contributed by atoms with E-state index in [0.717, 1.165) is 47.0 Å². The molecular weight excluding hydrogens is 556 g/mol. The number of rotatable bonds is 11. The average molecular weight is 594 g/mol. The molecule has 0 spiro atoms. The van der Waals surface area contributed by atoms with E-state index in [4.69, 9.17) is 0 Å². The zero-order chi connectivity index (χ0) is 26.7. The minimum atomic E-state index is -0.574. The van der Waals surface area contributed by atoms with E-state index < -0.39 is 6.04 Å². The van der Waals surface area contributed by atoms with Crippen molar-refractivity contribution in [3.8, 4) is 0 Å². The molecule has 4 rings (SSSR count). The molecule has 6 heteroatoms. The molecule has 200 valence electrons. The van der Waals surface area contributed by atoms with Crippen LogP contribution in [-0.4, -0.2) is 34.6 Å². The summed E-state index contributed by atoms with van der Waals surface area (Å²) in [5.41, 5.74) is 4.48. The van der Waals surface area contributed by atoms with Crippen molar-refractivity contribution >= 4 is 39.5 Å². The lowest BCUT2D eigenvalue weighted by Crippen LogP contribution is -2.53. The lowest BCUT2D eigenvalue weighted by molar-refractivity contribution is -0.139. The van der Waals surface area contributed by atoms with Crippen LogP contribution in [0.3, 0.4) is 0 Å². The first kappa shape index (κ1) is 28.4. The number of hydrogen-bond donors (Lipinski definition) is 1. The van der Waals surface area contributed by atoms with Crippen molar-refractivity contribution in [2.75, 3.05) is 5.75 Å². The lowest BCUT2D eigenvalue weighted by Gasteiger charge is -2.33. The third kappa shape index (κ3) is 8.74. The Morgan fingerprint density at radius 2 is 1.55 bits per heavy atom. The maximum Gasteiger partial charge on any atom is 0.243 e. The Bertz CT molecular complexity index is 1160. The number of benzene rings is 3. The van der Waals surface area contributed by atoms with Gasteiger partial charge < -0.3 is 10.2 Å². The molecule has 0 radical (unpaired) electrons. The molecule has 0 aromatic heterocycles. The second kappa shape index (κ2) is 14.5. The largest absolute Gasteiger partial charge is 0.352 e. The SMILES string of the molecule is Cc1ccc(CSCC(=O)N(Cc2ccc(Br)cc2)C(Cc2ccccc2)C(=O)NC2CCCCC2)cc1. The van der Waals surface area contributed by atoms with Crippen molar-refractivity contribution in [3.05, 3.63) is 106 Å². The second-order valence-electron chi connectivity index (χ2n) is 10.2. The van der Waals surface area contributed by atoms with Crippen LogP contribution < -0.4 is 5.32 Å². The fraction of sp³-hybridized carbons (Fsp3) is 0.375. The molecule has 38 heavy (non-hydrogen) atoms. The van der Waals surface area contributed by atoms with E-state index in [1.54, 1.807) is 16.7 Å². The van der Waals surface area contributed by atoms with Crippen LogP contribution in [0.4, 0.5) is 0 Å². The van der Waals surface area contributed by atoms with Gasteiger partial charge in [-0.1, -0.05) is 107 Å². The number of nitrogens with zero attached hydrogens (tertiary/aromatic N) is 1. The van der Waals surface area contributed by atoms with Crippen molar-refractivity contribution in [1.82, 2.24) is 10.2 Å². The summed E-state index contributed by atoms with van der Waals surface area (Å²) in [5, 5.41) is 3.31. The van der Waals surface area contributed by atoms with Crippen LogP contribution in [0.2, 0.25) is 0 Å². The van der Waals surface area contributed by atoms with Crippen molar-refractivity contribution in [1.29, 1.82) is 0 Å². The van der Waals surface area contributed by atoms with Crippen LogP contribution in [0, 0.1) is 6.92 Å². The van der Waals surface area contributed by atoms with Crippen molar-refractivity contribution in [2.45, 2.75) is 69.8 Å². The maximum atomic E-state index is 13.8. The zero-order valence-corrected chi connectivity index (χ0v) is 24.5. The highest BCUT2D eigenvalue weighted by Crippen LogP contribution is 2.22. The van der Waals surface area contributed by atoms with Gasteiger partial charge in [-0.3, -0.25) is 9.59 Å². The van der Waals surface area contributed by atoms with Gasteiger partial charge in [0.05, 0.1) is 5.75 Å². The predicted molar refractivity (Wildman–Crippen MR) is 161 cm³/mol. The summed E-state index contributed by atoms with van der Waals surface area (Å²) in [5.74, 6) is 1.03. The molecule has 2 amide bonds. The summed E-state index contributed by atoms with van der Waals surface area (Å²) in [6.07, 6.45) is 6.03. The fourth-order valence-electron chi connectivity index (χ4n) is 4.91. The maximum absolute atomic E-state index is 13.8. The highest BCUT2D eigenvalue weighted by molar-refractivity contribution is 9.10. The van der Waals surface area contributed by atoms with Gasteiger partial charge in [-0.2, -0.15) is 0 Å². The summed E-state index contributed by atoms with van der Waals surface area (Å²) < 4.78 is 0.989. The van der Waals surface area contributed by atoms with E-state index in [0.29, 0.717) is 18.7 Å². The van der Waals surface area contributed by atoms with E-state index in [9.17, 15) is 9.59 Å². The molecule has 1 unspecified atom stereocenters. The monoisotopic (exact) mass is 592 g/mol. The minimum Gasteiger partial charge on any atom is -0.352 e. The molecule has 0 saturated heterocycles. The molecule has 3 aromatic rings. The molecule has 0 heterocycles. The van der Waals surface area contributed by atoms with Gasteiger partial charge in [-0.15, -0.1) is 11.8 Å². The van der Waals surface area contributed by atoms with Gasteiger partial charge >= 0.3 is 0 Å². The molecule has 1 N–H and O–H groups in total. The molecule has 1 fully saturated rings. The molecule has 0 bridgehead atoms. The van der Waals surface area contributed by atoms with E-state index >= 15 is 0 Å². The first-order valence-corrected chi connectivity index (χ1v) is 15.4. The minimum absolute atomic E-state index is 0.00949. The summed E-state index contributed by atoms with van der Waals surface area (Å²) in [6, 6.07) is 26.1. The summed E-state index contributed by atoms with van der Waals surface area (Å²) >= 11 is 5.11. The number of thioether (sulfide) groups is 1. The van der Waals surface area contributed by atoms with Crippen LogP contribution >= 0.6 is 27.7 Å². The standard InChI is InChI=1S/C32H37BrN2O2S/c1-24-12-14-27(15-13-24)22-38-23-31(36)35(21-26-16-18-28(33)19-17-26)30(20-25-8-4-2-5-9-25)32(37)34-29-10-6-3-7-11-29/h2,4-5,8-9,12-19,29-30H,3,6-7,10-11,20-23H2,1H3,(H,34,37). The van der Waals surface area contributed by atoms with Crippen LogP contribution in [0.25, 0.3) is 0 Å². The van der Waals surface area contributed by atoms with E-state index in [-0.39, 0.29) is 17.9 Å². The molecule has 1 aliphatic carbocycles. The smallest absolute Gasteiger partial charge is 0.243 e. The topological polar surface area (TPSA) is 49.4 Å². The first-order chi connectivity index (χ1) is 18.5. The van der Waals surface area contributed by atoms with Crippen molar-refractivity contribution in [2.24, 2.45) is 0 Å². The molecule has 3 aromatic carbocycles. The van der Waals surface area contributed by atoms with Gasteiger partial charge in [0, 0.05) is 29.2 Å². The number of carbonyl (C=O) groups excluding carboxylic acids is 2. The van der Waals surface area contributed by atoms with Crippen LogP contribution in [-0.2, 0) is 28.3 Å². The third-order valence-corrected chi connectivity index (χ3v) is 8.62. The average Bonchev–Trinajstić information content (AvgIpc) is 2.94. The number of halogens is 1. The molecule has 1 saturated carbocycles. The van der Waals surface area contributed by atoms with Gasteiger partial charge in [0.25, 0.3) is 0 Å². The van der Waals surface area contributed by atoms with Crippen LogP contribution in [0.5, 0.6) is 0 Å². The Kier molecular flexibility index (Phi) is 10.9. The summed E-state index contributed by atoms with van der Waals surface area (Å²) in [4.78, 5) is 29.4. The Morgan fingerprint density at radius 3 is 2.24 bits per heavy atom. The fourth-order valence-corrected chi connectivity index (χ4v) is 6.04. The number of aryl methyl sites for hydroxylation is 1. The van der Waals surface area contributed by atoms with Gasteiger partial charge in [0.2, 0.25) is 11.8 Å². The van der Waals surface area contributed by atoms with E-state index in [1.165, 1.54) is 17.5 Å². The summed E-state index contributed by atoms with van der Waals surface area (Å²) in [7, 11) is 0. The van der Waals surface area contributed by atoms with Crippen LogP contribution in [0.15, 0.2) is 83.3 Å². The number of hydrogen-bond acceptors (Lipinski definition) is 3. The third-order valence-electron chi connectivity index (χ3n) is 7.10. The first-order valence-electron chi connectivity index (χ1n) is 13.5. The Labute approximate surface area is 239 Å². The van der Waals surface area contributed by atoms with E-state index in [2.05, 4.69) is 52.4 Å². The quantitative estimate of drug-likeness (QED) is 0.259. The van der Waals surface area contributed by atoms with Gasteiger partial charge in [-0.05, 0) is 48.6 Å². The molecule has 0 aliphatic heterocycles. The Hall–Kier alpha value is -2.57. The van der Waals surface area contributed by atoms with Gasteiger partial charge in [0.15, 0.2) is 0 Å². The van der Waals surface area contributed by atoms with Gasteiger partial charge in [-0.25, -0.2) is 0 Å². The highest BCUT2D eigenvalue weighted by Gasteiger charge is 2.31. The van der Waals surface area contributed by atoms with E-state index in [1.807, 2.05) is 54.6 Å². The highest BCUT2D eigenvalue weighted by atomic mass is 79.9.